The molecule has 1 atom stereocenters. The van der Waals surface area contributed by atoms with Gasteiger partial charge in [-0.2, -0.15) is 10.1 Å². The number of rotatable bonds is 6. The first-order valence-electron chi connectivity index (χ1n) is 7.78. The molecule has 7 heteroatoms. The largest absolute Gasteiger partial charge is 0.352 e. The Labute approximate surface area is 139 Å². The highest BCUT2D eigenvalue weighted by Crippen LogP contribution is 2.17. The van der Waals surface area contributed by atoms with Crippen LogP contribution in [0.15, 0.2) is 47.2 Å². The molecule has 24 heavy (non-hydrogen) atoms. The molecule has 124 valence electrons. The minimum absolute atomic E-state index is 0.101. The van der Waals surface area contributed by atoms with Crippen LogP contribution in [0.25, 0.3) is 11.5 Å². The lowest BCUT2D eigenvalue weighted by Gasteiger charge is -2.13. The molecular weight excluding hydrogens is 306 g/mol. The van der Waals surface area contributed by atoms with Gasteiger partial charge < -0.3 is 9.84 Å². The number of nitrogens with one attached hydrogen (secondary N) is 1. The fourth-order valence-electron chi connectivity index (χ4n) is 2.34. The second-order valence-corrected chi connectivity index (χ2v) is 5.77. The number of amides is 1. The molecule has 7 nitrogen and oxygen atoms in total. The molecule has 3 rings (SSSR count). The van der Waals surface area contributed by atoms with E-state index in [1.54, 1.807) is 37.4 Å². The van der Waals surface area contributed by atoms with Gasteiger partial charge in [0.1, 0.15) is 0 Å². The van der Waals surface area contributed by atoms with Crippen LogP contribution in [0.3, 0.4) is 0 Å². The van der Waals surface area contributed by atoms with Crippen molar-refractivity contribution in [3.63, 3.8) is 0 Å². The van der Waals surface area contributed by atoms with Gasteiger partial charge in [0.2, 0.25) is 0 Å². The third-order valence-corrected chi connectivity index (χ3v) is 3.59. The number of hydrogen-bond acceptors (Lipinski definition) is 5. The summed E-state index contributed by atoms with van der Waals surface area (Å²) >= 11 is 0. The Bertz CT molecular complexity index is 793. The predicted octanol–water partition coefficient (Wildman–Crippen LogP) is 2.31. The van der Waals surface area contributed by atoms with Crippen LogP contribution < -0.4 is 5.32 Å². The summed E-state index contributed by atoms with van der Waals surface area (Å²) in [5.74, 6) is 1.22. The van der Waals surface area contributed by atoms with Crippen molar-refractivity contribution in [3.8, 4) is 11.5 Å². The van der Waals surface area contributed by atoms with Crippen LogP contribution in [-0.4, -0.2) is 32.4 Å². The van der Waals surface area contributed by atoms with E-state index in [0.29, 0.717) is 23.8 Å². The molecule has 2 aromatic heterocycles. The third kappa shape index (κ3) is 3.87. The Hall–Kier alpha value is -2.96. The van der Waals surface area contributed by atoms with Crippen LogP contribution in [0.2, 0.25) is 0 Å². The summed E-state index contributed by atoms with van der Waals surface area (Å²) in [5, 5.41) is 10.9. The van der Waals surface area contributed by atoms with Crippen molar-refractivity contribution in [3.05, 3.63) is 54.1 Å². The van der Waals surface area contributed by atoms with Crippen LogP contribution in [0, 0.1) is 12.8 Å². The van der Waals surface area contributed by atoms with Gasteiger partial charge in [0.15, 0.2) is 5.82 Å². The molecule has 0 saturated heterocycles. The van der Waals surface area contributed by atoms with Crippen LogP contribution in [0.5, 0.6) is 0 Å². The molecule has 0 spiro atoms. The van der Waals surface area contributed by atoms with Gasteiger partial charge in [-0.1, -0.05) is 12.1 Å². The lowest BCUT2D eigenvalue weighted by molar-refractivity contribution is 0.0946. The average molecular weight is 325 g/mol. The number of carbonyl (C=O) groups excluding carboxylic acids is 1. The molecular formula is C17H19N5O2. The monoisotopic (exact) mass is 325 g/mol. The van der Waals surface area contributed by atoms with E-state index in [1.807, 2.05) is 16.9 Å². The molecule has 0 aliphatic heterocycles. The van der Waals surface area contributed by atoms with Gasteiger partial charge in [-0.15, -0.1) is 0 Å². The molecule has 3 aromatic rings. The quantitative estimate of drug-likeness (QED) is 0.751. The zero-order chi connectivity index (χ0) is 16.9. The van der Waals surface area contributed by atoms with Gasteiger partial charge >= 0.3 is 0 Å². The highest BCUT2D eigenvalue weighted by Gasteiger charge is 2.11. The normalized spacial score (nSPS) is 12.1. The maximum atomic E-state index is 12.2. The van der Waals surface area contributed by atoms with Crippen molar-refractivity contribution < 1.29 is 9.32 Å². The topological polar surface area (TPSA) is 85.8 Å². The maximum Gasteiger partial charge on any atom is 0.257 e. The summed E-state index contributed by atoms with van der Waals surface area (Å²) in [4.78, 5) is 16.4. The smallest absolute Gasteiger partial charge is 0.257 e. The predicted molar refractivity (Wildman–Crippen MR) is 88.2 cm³/mol. The van der Waals surface area contributed by atoms with Crippen molar-refractivity contribution in [1.82, 2.24) is 25.2 Å². The molecule has 0 bridgehead atoms. The number of aromatic nitrogens is 4. The Morgan fingerprint density at radius 3 is 2.75 bits per heavy atom. The summed E-state index contributed by atoms with van der Waals surface area (Å²) in [7, 11) is 0. The zero-order valence-electron chi connectivity index (χ0n) is 13.6. The molecule has 0 aliphatic rings. The number of carbonyl (C=O) groups is 1. The number of hydrogen-bond donors (Lipinski definition) is 1. The Balaban J connectivity index is 1.55. The second-order valence-electron chi connectivity index (χ2n) is 5.77. The van der Waals surface area contributed by atoms with Crippen LogP contribution >= 0.6 is 0 Å². The molecule has 1 amide bonds. The molecule has 0 unspecified atom stereocenters. The van der Waals surface area contributed by atoms with E-state index in [4.69, 9.17) is 4.52 Å². The Kier molecular flexibility index (Phi) is 4.69. The summed E-state index contributed by atoms with van der Waals surface area (Å²) in [6.07, 6.45) is 3.66. The number of nitrogens with zero attached hydrogens (tertiary/aromatic N) is 4. The average Bonchev–Trinajstić information content (AvgIpc) is 3.24. The van der Waals surface area contributed by atoms with E-state index in [-0.39, 0.29) is 11.8 Å². The first kappa shape index (κ1) is 15.9. The van der Waals surface area contributed by atoms with E-state index < -0.39 is 0 Å². The van der Waals surface area contributed by atoms with Gasteiger partial charge in [0.05, 0.1) is 0 Å². The highest BCUT2D eigenvalue weighted by atomic mass is 16.5. The van der Waals surface area contributed by atoms with E-state index in [9.17, 15) is 4.79 Å². The number of benzene rings is 1. The number of aryl methyl sites for hydroxylation is 1. The minimum Gasteiger partial charge on any atom is -0.352 e. The van der Waals surface area contributed by atoms with Crippen LogP contribution in [-0.2, 0) is 6.54 Å². The SMILES string of the molecule is Cc1noc(-c2ccc(C(=O)NC[C@H](C)Cn3cccn3)cc2)n1. The Morgan fingerprint density at radius 1 is 1.33 bits per heavy atom. The summed E-state index contributed by atoms with van der Waals surface area (Å²) in [6.45, 7) is 5.19. The lowest BCUT2D eigenvalue weighted by Crippen LogP contribution is -2.30. The van der Waals surface area contributed by atoms with Gasteiger partial charge in [-0.3, -0.25) is 9.48 Å². The van der Waals surface area contributed by atoms with Crippen molar-refractivity contribution >= 4 is 5.91 Å². The molecule has 1 aromatic carbocycles. The van der Waals surface area contributed by atoms with E-state index in [1.165, 1.54) is 0 Å². The first-order chi connectivity index (χ1) is 11.6. The van der Waals surface area contributed by atoms with Crippen molar-refractivity contribution in [1.29, 1.82) is 0 Å². The van der Waals surface area contributed by atoms with Crippen LogP contribution in [0.1, 0.15) is 23.1 Å². The lowest BCUT2D eigenvalue weighted by atomic mass is 10.1. The first-order valence-corrected chi connectivity index (χ1v) is 7.78. The van der Waals surface area contributed by atoms with Gasteiger partial charge in [-0.25, -0.2) is 0 Å². The molecule has 1 N–H and O–H groups in total. The Morgan fingerprint density at radius 2 is 2.12 bits per heavy atom. The molecule has 0 radical (unpaired) electrons. The van der Waals surface area contributed by atoms with E-state index in [2.05, 4.69) is 27.5 Å². The van der Waals surface area contributed by atoms with Crippen LogP contribution in [0.4, 0.5) is 0 Å². The van der Waals surface area contributed by atoms with E-state index >= 15 is 0 Å². The maximum absolute atomic E-state index is 12.2. The van der Waals surface area contributed by atoms with Crippen molar-refractivity contribution in [2.75, 3.05) is 6.54 Å². The van der Waals surface area contributed by atoms with E-state index in [0.717, 1.165) is 12.1 Å². The summed E-state index contributed by atoms with van der Waals surface area (Å²) in [6, 6.07) is 8.99. The molecule has 0 aliphatic carbocycles. The van der Waals surface area contributed by atoms with Crippen molar-refractivity contribution in [2.45, 2.75) is 20.4 Å². The fraction of sp³-hybridized carbons (Fsp3) is 0.294. The molecule has 2 heterocycles. The second kappa shape index (κ2) is 7.08. The zero-order valence-corrected chi connectivity index (χ0v) is 13.6. The van der Waals surface area contributed by atoms with Crippen molar-refractivity contribution in [2.24, 2.45) is 5.92 Å². The van der Waals surface area contributed by atoms with Gasteiger partial charge in [0.25, 0.3) is 11.8 Å². The standard InChI is InChI=1S/C17H19N5O2/c1-12(11-22-9-3-8-19-22)10-18-16(23)14-4-6-15(7-5-14)17-20-13(2)21-24-17/h3-9,12H,10-11H2,1-2H3,(H,18,23)/t12-/m0/s1. The van der Waals surface area contributed by atoms with Gasteiger partial charge in [-0.05, 0) is 43.2 Å². The minimum atomic E-state index is -0.101. The van der Waals surface area contributed by atoms with Gasteiger partial charge in [0, 0.05) is 36.6 Å². The molecule has 0 saturated carbocycles. The summed E-state index contributed by atoms with van der Waals surface area (Å²) in [5.41, 5.74) is 1.39. The highest BCUT2D eigenvalue weighted by molar-refractivity contribution is 5.94. The third-order valence-electron chi connectivity index (χ3n) is 3.59. The fourth-order valence-corrected chi connectivity index (χ4v) is 2.34. The summed E-state index contributed by atoms with van der Waals surface area (Å²) < 4.78 is 6.97. The molecule has 0 fully saturated rings.